The summed E-state index contributed by atoms with van der Waals surface area (Å²) in [5.74, 6) is 0.642. The van der Waals surface area contributed by atoms with Gasteiger partial charge in [-0.2, -0.15) is 0 Å². The second kappa shape index (κ2) is 9.25. The predicted molar refractivity (Wildman–Crippen MR) is 196 cm³/mol. The topological polar surface area (TPSA) is 42.2 Å². The predicted octanol–water partition coefficient (Wildman–Crippen LogP) is 12.2. The lowest BCUT2D eigenvalue weighted by Gasteiger charge is -2.32. The number of benzene rings is 7. The lowest BCUT2D eigenvalue weighted by molar-refractivity contribution is 0.669. The molecular weight excluding hydrogens is 595 g/mol. The third kappa shape index (κ3) is 3.46. The molecule has 0 spiro atoms. The average molecular weight is 618 g/mol. The summed E-state index contributed by atoms with van der Waals surface area (Å²) >= 11 is 1.76. The second-order valence-electron chi connectivity index (χ2n) is 12.2. The van der Waals surface area contributed by atoms with E-state index in [-0.39, 0.29) is 0 Å². The molecule has 0 saturated carbocycles. The molecule has 10 aromatic rings. The van der Waals surface area contributed by atoms with Crippen molar-refractivity contribution in [1.29, 1.82) is 0 Å². The quantitative estimate of drug-likeness (QED) is 0.194. The second-order valence-corrected chi connectivity index (χ2v) is 13.2. The Kier molecular flexibility index (Phi) is 4.96. The van der Waals surface area contributed by atoms with Crippen LogP contribution in [0.3, 0.4) is 0 Å². The van der Waals surface area contributed by atoms with Gasteiger partial charge < -0.3 is 4.42 Å². The number of anilines is 3. The Bertz CT molecular complexity index is 2940. The van der Waals surface area contributed by atoms with Gasteiger partial charge in [0.15, 0.2) is 0 Å². The molecule has 5 heteroatoms. The van der Waals surface area contributed by atoms with Crippen LogP contribution in [-0.2, 0) is 0 Å². The molecule has 0 N–H and O–H groups in total. The van der Waals surface area contributed by atoms with E-state index in [0.29, 0.717) is 5.95 Å². The summed E-state index contributed by atoms with van der Waals surface area (Å²) in [4.78, 5) is 13.1. The first-order valence-corrected chi connectivity index (χ1v) is 16.6. The molecule has 0 bridgehead atoms. The van der Waals surface area contributed by atoms with Crippen molar-refractivity contribution in [1.82, 2.24) is 9.97 Å². The molecule has 0 aliphatic carbocycles. The summed E-state index contributed by atoms with van der Waals surface area (Å²) in [7, 11) is 0. The van der Waals surface area contributed by atoms with Gasteiger partial charge in [-0.25, -0.2) is 9.97 Å². The minimum atomic E-state index is 0.642. The van der Waals surface area contributed by atoms with Crippen LogP contribution in [0.4, 0.5) is 17.3 Å². The van der Waals surface area contributed by atoms with E-state index in [2.05, 4.69) is 132 Å². The van der Waals surface area contributed by atoms with Crippen LogP contribution in [0.25, 0.3) is 86.2 Å². The Hall–Kier alpha value is -6.04. The van der Waals surface area contributed by atoms with Gasteiger partial charge in [-0.15, -0.1) is 11.3 Å². The van der Waals surface area contributed by atoms with Gasteiger partial charge in [-0.3, -0.25) is 4.90 Å². The molecular formula is C42H23N3OS. The number of para-hydroxylation sites is 2. The summed E-state index contributed by atoms with van der Waals surface area (Å²) in [6.07, 6.45) is 0. The summed E-state index contributed by atoms with van der Waals surface area (Å²) in [6.45, 7) is 0. The van der Waals surface area contributed by atoms with Crippen LogP contribution in [0.2, 0.25) is 0 Å². The molecule has 0 unspecified atom stereocenters. The van der Waals surface area contributed by atoms with Gasteiger partial charge >= 0.3 is 0 Å². The number of aromatic nitrogens is 2. The standard InChI is InChI=1S/C42H23N3OS/c1-2-11-25-22-26(21-20-24(25)10-1)39-41-40(30-14-5-8-19-36(30)47-41)44-42(43-39)45-32-17-6-3-12-27(32)28-15-9-16-31-37(28)33(45)23-35-38(31)29-13-4-7-18-34(29)46-35/h1-23H. The highest BCUT2D eigenvalue weighted by molar-refractivity contribution is 7.26. The van der Waals surface area contributed by atoms with Crippen molar-refractivity contribution in [3.63, 3.8) is 0 Å². The molecule has 0 fully saturated rings. The Morgan fingerprint density at radius 3 is 2.26 bits per heavy atom. The van der Waals surface area contributed by atoms with Crippen LogP contribution in [0.5, 0.6) is 0 Å². The molecule has 0 radical (unpaired) electrons. The van der Waals surface area contributed by atoms with Crippen LogP contribution in [0, 0.1) is 0 Å². The fraction of sp³-hybridized carbons (Fsp3) is 0. The van der Waals surface area contributed by atoms with E-state index >= 15 is 0 Å². The summed E-state index contributed by atoms with van der Waals surface area (Å²) < 4.78 is 8.81. The fourth-order valence-corrected chi connectivity index (χ4v) is 8.68. The minimum absolute atomic E-state index is 0.642. The van der Waals surface area contributed by atoms with Gasteiger partial charge in [-0.1, -0.05) is 109 Å². The highest BCUT2D eigenvalue weighted by atomic mass is 32.1. The lowest BCUT2D eigenvalue weighted by Crippen LogP contribution is -2.18. The first-order chi connectivity index (χ1) is 23.3. The van der Waals surface area contributed by atoms with Gasteiger partial charge in [0.25, 0.3) is 0 Å². The molecule has 4 heterocycles. The average Bonchev–Trinajstić information content (AvgIpc) is 3.70. The molecule has 0 amide bonds. The van der Waals surface area contributed by atoms with Crippen molar-refractivity contribution < 1.29 is 4.42 Å². The van der Waals surface area contributed by atoms with Crippen LogP contribution >= 0.6 is 11.3 Å². The Balaban J connectivity index is 1.27. The van der Waals surface area contributed by atoms with Crippen molar-refractivity contribution in [2.45, 2.75) is 0 Å². The van der Waals surface area contributed by atoms with E-state index < -0.39 is 0 Å². The zero-order chi connectivity index (χ0) is 30.6. The van der Waals surface area contributed by atoms with Crippen LogP contribution in [-0.4, -0.2) is 9.97 Å². The Labute approximate surface area is 272 Å². The maximum atomic E-state index is 6.52. The number of hydrogen-bond acceptors (Lipinski definition) is 5. The SMILES string of the molecule is c1ccc2c(c1)-c1cccc3c1c(cc1oc4ccccc4c13)N2c1nc(-c2ccc3ccccc3c2)c2sc3ccccc3c2n1. The maximum absolute atomic E-state index is 6.52. The number of rotatable bonds is 2. The van der Waals surface area contributed by atoms with Crippen molar-refractivity contribution in [3.05, 3.63) is 140 Å². The van der Waals surface area contributed by atoms with Gasteiger partial charge in [0.2, 0.25) is 5.95 Å². The van der Waals surface area contributed by atoms with Crippen molar-refractivity contribution in [2.75, 3.05) is 4.90 Å². The van der Waals surface area contributed by atoms with Crippen molar-refractivity contribution in [2.24, 2.45) is 0 Å². The number of furan rings is 1. The van der Waals surface area contributed by atoms with Crippen LogP contribution < -0.4 is 4.90 Å². The largest absolute Gasteiger partial charge is 0.456 e. The molecule has 0 saturated heterocycles. The van der Waals surface area contributed by atoms with E-state index in [1.165, 1.54) is 26.4 Å². The number of hydrogen-bond donors (Lipinski definition) is 0. The summed E-state index contributed by atoms with van der Waals surface area (Å²) in [5.41, 5.74) is 9.15. The smallest absolute Gasteiger partial charge is 0.235 e. The summed E-state index contributed by atoms with van der Waals surface area (Å²) in [6, 6.07) is 49.4. The highest BCUT2D eigenvalue weighted by Crippen LogP contribution is 2.53. The minimum Gasteiger partial charge on any atom is -0.456 e. The summed E-state index contributed by atoms with van der Waals surface area (Å²) in [5, 5.41) is 8.14. The lowest BCUT2D eigenvalue weighted by atomic mass is 9.89. The first-order valence-electron chi connectivity index (χ1n) is 15.8. The Morgan fingerprint density at radius 1 is 0.532 bits per heavy atom. The van der Waals surface area contributed by atoms with Gasteiger partial charge in [0.1, 0.15) is 11.2 Å². The molecule has 218 valence electrons. The number of fused-ring (bicyclic) bond motifs is 10. The van der Waals surface area contributed by atoms with Crippen molar-refractivity contribution >= 4 is 92.4 Å². The van der Waals surface area contributed by atoms with Crippen LogP contribution in [0.1, 0.15) is 0 Å². The normalized spacial score (nSPS) is 12.6. The number of thiophene rings is 1. The molecule has 0 atom stereocenters. The van der Waals surface area contributed by atoms with Gasteiger partial charge in [0, 0.05) is 43.4 Å². The van der Waals surface area contributed by atoms with Gasteiger partial charge in [0.05, 0.1) is 27.3 Å². The van der Waals surface area contributed by atoms with E-state index in [4.69, 9.17) is 14.4 Å². The monoisotopic (exact) mass is 617 g/mol. The fourth-order valence-electron chi connectivity index (χ4n) is 7.53. The van der Waals surface area contributed by atoms with E-state index in [9.17, 15) is 0 Å². The third-order valence-electron chi connectivity index (χ3n) is 9.59. The molecule has 1 aliphatic rings. The zero-order valence-corrected chi connectivity index (χ0v) is 25.8. The first kappa shape index (κ1) is 25.2. The highest BCUT2D eigenvalue weighted by Gasteiger charge is 2.31. The third-order valence-corrected chi connectivity index (χ3v) is 10.8. The molecule has 3 aromatic heterocycles. The molecule has 1 aliphatic heterocycles. The van der Waals surface area contributed by atoms with E-state index in [1.807, 2.05) is 12.1 Å². The zero-order valence-electron chi connectivity index (χ0n) is 24.9. The molecule has 4 nitrogen and oxygen atoms in total. The molecule has 47 heavy (non-hydrogen) atoms. The van der Waals surface area contributed by atoms with E-state index in [0.717, 1.165) is 71.1 Å². The maximum Gasteiger partial charge on any atom is 0.235 e. The molecule has 7 aromatic carbocycles. The number of nitrogens with zero attached hydrogens (tertiary/aromatic N) is 3. The van der Waals surface area contributed by atoms with E-state index in [1.54, 1.807) is 11.3 Å². The molecule has 11 rings (SSSR count). The van der Waals surface area contributed by atoms with Gasteiger partial charge in [-0.05, 0) is 46.0 Å². The Morgan fingerprint density at radius 2 is 1.30 bits per heavy atom. The van der Waals surface area contributed by atoms with Crippen molar-refractivity contribution in [3.8, 4) is 22.4 Å². The van der Waals surface area contributed by atoms with Crippen LogP contribution in [0.15, 0.2) is 144 Å².